The van der Waals surface area contributed by atoms with Gasteiger partial charge in [0.1, 0.15) is 11.6 Å². The van der Waals surface area contributed by atoms with Crippen molar-refractivity contribution < 1.29 is 9.53 Å². The highest BCUT2D eigenvalue weighted by Crippen LogP contribution is 2.23. The topological polar surface area (TPSA) is 84.1 Å². The number of aromatic amines is 1. The summed E-state index contributed by atoms with van der Waals surface area (Å²) in [7, 11) is 0. The van der Waals surface area contributed by atoms with Gasteiger partial charge in [-0.25, -0.2) is 4.98 Å². The minimum atomic E-state index is -0.323. The quantitative estimate of drug-likeness (QED) is 0.680. The van der Waals surface area contributed by atoms with Gasteiger partial charge in [0.15, 0.2) is 6.61 Å². The van der Waals surface area contributed by atoms with Crippen LogP contribution in [-0.4, -0.2) is 22.5 Å². The van der Waals surface area contributed by atoms with E-state index in [0.717, 1.165) is 0 Å². The van der Waals surface area contributed by atoms with E-state index in [1.165, 1.54) is 6.07 Å². The number of nitrogens with zero attached hydrogens (tertiary/aromatic N) is 1. The van der Waals surface area contributed by atoms with Crippen molar-refractivity contribution in [2.75, 3.05) is 11.9 Å². The molecule has 7 heteroatoms. The van der Waals surface area contributed by atoms with Gasteiger partial charge < -0.3 is 15.0 Å². The predicted octanol–water partition coefficient (Wildman–Crippen LogP) is 3.67. The van der Waals surface area contributed by atoms with Crippen LogP contribution in [0, 0.1) is 0 Å². The number of aryl methyl sites for hydroxylation is 1. The average Bonchev–Trinajstić information content (AvgIpc) is 2.67. The van der Waals surface area contributed by atoms with E-state index in [9.17, 15) is 9.59 Å². The number of hydrogen-bond acceptors (Lipinski definition) is 4. The highest BCUT2D eigenvalue weighted by atomic mass is 35.5. The molecule has 1 aromatic heterocycles. The molecule has 6 nitrogen and oxygen atoms in total. The lowest BCUT2D eigenvalue weighted by Gasteiger charge is -2.10. The van der Waals surface area contributed by atoms with Gasteiger partial charge in [-0.05, 0) is 30.7 Å². The second-order valence-corrected chi connectivity index (χ2v) is 6.19. The molecule has 3 rings (SSSR count). The molecule has 0 aliphatic rings. The first kappa shape index (κ1) is 18.7. The van der Waals surface area contributed by atoms with Crippen molar-refractivity contribution in [3.05, 3.63) is 75.7 Å². The fourth-order valence-electron chi connectivity index (χ4n) is 2.47. The van der Waals surface area contributed by atoms with Crippen LogP contribution in [0.1, 0.15) is 12.6 Å². The first-order chi connectivity index (χ1) is 13.0. The van der Waals surface area contributed by atoms with Crippen LogP contribution in [-0.2, 0) is 11.2 Å². The standard InChI is InChI=1S/C20H18ClN3O3/c1-2-14-11-18(25)24-20(23-14)13-6-5-7-15(10-13)22-19(26)12-27-17-9-4-3-8-16(17)21/h3-11H,2,12H2,1H3,(H,22,26)(H,23,24,25). The molecule has 1 amide bonds. The van der Waals surface area contributed by atoms with E-state index >= 15 is 0 Å². The molecule has 138 valence electrons. The average molecular weight is 384 g/mol. The Kier molecular flexibility index (Phi) is 5.88. The van der Waals surface area contributed by atoms with Crippen LogP contribution in [0.4, 0.5) is 5.69 Å². The summed E-state index contributed by atoms with van der Waals surface area (Å²) in [5.41, 5.74) is 1.77. The fraction of sp³-hybridized carbons (Fsp3) is 0.150. The van der Waals surface area contributed by atoms with Gasteiger partial charge in [0.2, 0.25) is 0 Å². The van der Waals surface area contributed by atoms with Gasteiger partial charge >= 0.3 is 0 Å². The minimum absolute atomic E-state index is 0.172. The molecular formula is C20H18ClN3O3. The maximum Gasteiger partial charge on any atom is 0.262 e. The number of halogens is 1. The van der Waals surface area contributed by atoms with Gasteiger partial charge in [-0.2, -0.15) is 0 Å². The van der Waals surface area contributed by atoms with Gasteiger partial charge in [-0.1, -0.05) is 42.8 Å². The van der Waals surface area contributed by atoms with E-state index < -0.39 is 0 Å². The zero-order valence-corrected chi connectivity index (χ0v) is 15.4. The number of carbonyl (C=O) groups is 1. The Balaban J connectivity index is 1.70. The van der Waals surface area contributed by atoms with Gasteiger partial charge in [-0.3, -0.25) is 9.59 Å². The molecule has 0 saturated heterocycles. The third-order valence-electron chi connectivity index (χ3n) is 3.77. The number of ether oxygens (including phenoxy) is 1. The molecule has 0 fully saturated rings. The van der Waals surface area contributed by atoms with Crippen molar-refractivity contribution in [1.82, 2.24) is 9.97 Å². The van der Waals surface area contributed by atoms with Gasteiger partial charge in [0.05, 0.1) is 5.02 Å². The minimum Gasteiger partial charge on any atom is -0.482 e. The van der Waals surface area contributed by atoms with Crippen molar-refractivity contribution in [1.29, 1.82) is 0 Å². The molecule has 2 N–H and O–H groups in total. The summed E-state index contributed by atoms with van der Waals surface area (Å²) < 4.78 is 5.43. The number of hydrogen-bond donors (Lipinski definition) is 2. The van der Waals surface area contributed by atoms with Crippen molar-refractivity contribution in [2.45, 2.75) is 13.3 Å². The highest BCUT2D eigenvalue weighted by molar-refractivity contribution is 6.32. The fourth-order valence-corrected chi connectivity index (χ4v) is 2.66. The molecule has 0 unspecified atom stereocenters. The molecule has 0 spiro atoms. The van der Waals surface area contributed by atoms with Gasteiger partial charge in [-0.15, -0.1) is 0 Å². The monoisotopic (exact) mass is 383 g/mol. The van der Waals surface area contributed by atoms with E-state index in [2.05, 4.69) is 15.3 Å². The summed E-state index contributed by atoms with van der Waals surface area (Å²) in [6.45, 7) is 1.76. The van der Waals surface area contributed by atoms with Crippen LogP contribution >= 0.6 is 11.6 Å². The van der Waals surface area contributed by atoms with Crippen LogP contribution in [0.25, 0.3) is 11.4 Å². The lowest BCUT2D eigenvalue weighted by molar-refractivity contribution is -0.118. The van der Waals surface area contributed by atoms with Crippen LogP contribution in [0.2, 0.25) is 5.02 Å². The van der Waals surface area contributed by atoms with Crippen LogP contribution in [0.15, 0.2) is 59.4 Å². The smallest absolute Gasteiger partial charge is 0.262 e. The van der Waals surface area contributed by atoms with E-state index in [-0.39, 0.29) is 18.1 Å². The Morgan fingerprint density at radius 2 is 2.00 bits per heavy atom. The summed E-state index contributed by atoms with van der Waals surface area (Å²) in [6, 6.07) is 15.5. The highest BCUT2D eigenvalue weighted by Gasteiger charge is 2.08. The number of rotatable bonds is 6. The number of carbonyl (C=O) groups excluding carboxylic acids is 1. The Morgan fingerprint density at radius 3 is 2.78 bits per heavy atom. The van der Waals surface area contributed by atoms with E-state index in [0.29, 0.717) is 40.0 Å². The number of benzene rings is 2. The molecule has 0 atom stereocenters. The maximum atomic E-state index is 12.1. The SMILES string of the molecule is CCc1cc(=O)[nH]c(-c2cccc(NC(=O)COc3ccccc3Cl)c2)n1. The first-order valence-corrected chi connectivity index (χ1v) is 8.81. The van der Waals surface area contributed by atoms with Crippen molar-refractivity contribution >= 4 is 23.2 Å². The normalized spacial score (nSPS) is 10.4. The zero-order valence-electron chi connectivity index (χ0n) is 14.7. The number of amides is 1. The van der Waals surface area contributed by atoms with E-state index in [1.54, 1.807) is 42.5 Å². The van der Waals surface area contributed by atoms with Crippen molar-refractivity contribution in [3.8, 4) is 17.1 Å². The number of para-hydroxylation sites is 1. The number of anilines is 1. The number of nitrogens with one attached hydrogen (secondary N) is 2. The molecule has 2 aromatic carbocycles. The predicted molar refractivity (Wildman–Crippen MR) is 105 cm³/mol. The summed E-state index contributed by atoms with van der Waals surface area (Å²) in [4.78, 5) is 31.0. The Bertz CT molecular complexity index is 1020. The molecule has 0 radical (unpaired) electrons. The molecule has 0 saturated carbocycles. The molecule has 27 heavy (non-hydrogen) atoms. The number of H-pyrrole nitrogens is 1. The van der Waals surface area contributed by atoms with Gasteiger partial charge in [0.25, 0.3) is 11.5 Å². The van der Waals surface area contributed by atoms with E-state index in [4.69, 9.17) is 16.3 Å². The molecule has 0 aliphatic heterocycles. The van der Waals surface area contributed by atoms with Gasteiger partial charge in [0, 0.05) is 23.0 Å². The summed E-state index contributed by atoms with van der Waals surface area (Å²) in [6.07, 6.45) is 0.659. The second-order valence-electron chi connectivity index (χ2n) is 5.79. The molecule has 0 bridgehead atoms. The number of aromatic nitrogens is 2. The lowest BCUT2D eigenvalue weighted by atomic mass is 10.1. The van der Waals surface area contributed by atoms with Crippen LogP contribution < -0.4 is 15.6 Å². The zero-order chi connectivity index (χ0) is 19.2. The Labute approximate surface area is 161 Å². The molecular weight excluding hydrogens is 366 g/mol. The Morgan fingerprint density at radius 1 is 1.19 bits per heavy atom. The van der Waals surface area contributed by atoms with E-state index in [1.807, 2.05) is 13.0 Å². The summed E-state index contributed by atoms with van der Waals surface area (Å²) in [5.74, 6) is 0.583. The summed E-state index contributed by atoms with van der Waals surface area (Å²) in [5, 5.41) is 3.20. The van der Waals surface area contributed by atoms with Crippen LogP contribution in [0.3, 0.4) is 0 Å². The van der Waals surface area contributed by atoms with Crippen molar-refractivity contribution in [3.63, 3.8) is 0 Å². The van der Waals surface area contributed by atoms with Crippen molar-refractivity contribution in [2.24, 2.45) is 0 Å². The third kappa shape index (κ3) is 4.95. The Hall–Kier alpha value is -3.12. The molecule has 1 heterocycles. The van der Waals surface area contributed by atoms with Crippen LogP contribution in [0.5, 0.6) is 5.75 Å². The largest absolute Gasteiger partial charge is 0.482 e. The third-order valence-corrected chi connectivity index (χ3v) is 4.08. The second kappa shape index (κ2) is 8.51. The lowest BCUT2D eigenvalue weighted by Crippen LogP contribution is -2.20. The first-order valence-electron chi connectivity index (χ1n) is 8.43. The summed E-state index contributed by atoms with van der Waals surface area (Å²) >= 11 is 6.00. The molecule has 0 aliphatic carbocycles. The maximum absolute atomic E-state index is 12.1. The molecule has 3 aromatic rings.